The zero-order chi connectivity index (χ0) is 14.5. The average Bonchev–Trinajstić information content (AvgIpc) is 2.45. The molecule has 1 amide bonds. The molecule has 1 heterocycles. The molecule has 0 aromatic carbocycles. The predicted molar refractivity (Wildman–Crippen MR) is 79.6 cm³/mol. The second kappa shape index (κ2) is 6.68. The van der Waals surface area contributed by atoms with E-state index in [1.54, 1.807) is 6.33 Å². The highest BCUT2D eigenvalue weighted by atomic mass is 16.2. The van der Waals surface area contributed by atoms with E-state index in [0.29, 0.717) is 12.5 Å². The van der Waals surface area contributed by atoms with E-state index in [2.05, 4.69) is 34.4 Å². The summed E-state index contributed by atoms with van der Waals surface area (Å²) in [6.45, 7) is 6.73. The minimum atomic E-state index is -0.283. The molecule has 110 valence electrons. The van der Waals surface area contributed by atoms with Gasteiger partial charge in [0.15, 0.2) is 0 Å². The Balaban J connectivity index is 2.01. The molecule has 1 atom stereocenters. The Morgan fingerprint density at radius 3 is 2.75 bits per heavy atom. The fraction of sp³-hybridized carbons (Fsp3) is 0.667. The van der Waals surface area contributed by atoms with E-state index in [1.807, 2.05) is 6.92 Å². The molecule has 2 rings (SSSR count). The average molecular weight is 276 g/mol. The van der Waals surface area contributed by atoms with Crippen LogP contribution in [0.15, 0.2) is 6.33 Å². The number of nitrogens with one attached hydrogen (secondary N) is 2. The van der Waals surface area contributed by atoms with Crippen LogP contribution in [-0.4, -0.2) is 28.5 Å². The van der Waals surface area contributed by atoms with Crippen molar-refractivity contribution in [1.29, 1.82) is 0 Å². The monoisotopic (exact) mass is 276 g/mol. The van der Waals surface area contributed by atoms with Gasteiger partial charge in [-0.05, 0) is 38.5 Å². The molecule has 1 unspecified atom stereocenters. The highest BCUT2D eigenvalue weighted by molar-refractivity contribution is 5.84. The minimum Gasteiger partial charge on any atom is -0.358 e. The number of rotatable bonds is 5. The molecular formula is C15H24N4O. The Kier molecular flexibility index (Phi) is 4.93. The fourth-order valence-corrected chi connectivity index (χ4v) is 2.37. The van der Waals surface area contributed by atoms with Gasteiger partial charge < -0.3 is 10.6 Å². The Hall–Kier alpha value is -1.65. The number of fused-ring (bicyclic) bond motifs is 1. The quantitative estimate of drug-likeness (QED) is 0.862. The van der Waals surface area contributed by atoms with Gasteiger partial charge in [0.05, 0.1) is 0 Å². The first-order chi connectivity index (χ1) is 9.58. The van der Waals surface area contributed by atoms with E-state index >= 15 is 0 Å². The van der Waals surface area contributed by atoms with E-state index in [0.717, 1.165) is 24.4 Å². The van der Waals surface area contributed by atoms with Crippen LogP contribution in [0.25, 0.3) is 0 Å². The van der Waals surface area contributed by atoms with Crippen LogP contribution in [-0.2, 0) is 17.6 Å². The summed E-state index contributed by atoms with van der Waals surface area (Å²) in [5.41, 5.74) is 2.31. The second-order valence-corrected chi connectivity index (χ2v) is 5.86. The van der Waals surface area contributed by atoms with Crippen molar-refractivity contribution in [3.63, 3.8) is 0 Å². The Morgan fingerprint density at radius 2 is 2.00 bits per heavy atom. The molecule has 2 N–H and O–H groups in total. The van der Waals surface area contributed by atoms with Crippen molar-refractivity contribution < 1.29 is 4.79 Å². The number of amides is 1. The molecule has 0 fully saturated rings. The fourth-order valence-electron chi connectivity index (χ4n) is 2.37. The molecule has 5 heteroatoms. The first kappa shape index (κ1) is 14.8. The van der Waals surface area contributed by atoms with Gasteiger partial charge in [-0.1, -0.05) is 13.8 Å². The van der Waals surface area contributed by atoms with Gasteiger partial charge in [-0.2, -0.15) is 0 Å². The van der Waals surface area contributed by atoms with Crippen molar-refractivity contribution >= 4 is 11.7 Å². The molecule has 0 spiro atoms. The van der Waals surface area contributed by atoms with Crippen molar-refractivity contribution in [3.05, 3.63) is 17.6 Å². The van der Waals surface area contributed by atoms with Crippen LogP contribution in [0.3, 0.4) is 0 Å². The third-order valence-corrected chi connectivity index (χ3v) is 3.56. The highest BCUT2D eigenvalue weighted by Crippen LogP contribution is 2.24. The van der Waals surface area contributed by atoms with Crippen LogP contribution >= 0.6 is 0 Å². The van der Waals surface area contributed by atoms with Gasteiger partial charge in [0, 0.05) is 17.8 Å². The number of aromatic nitrogens is 2. The zero-order valence-corrected chi connectivity index (χ0v) is 12.6. The van der Waals surface area contributed by atoms with E-state index < -0.39 is 0 Å². The van der Waals surface area contributed by atoms with E-state index in [1.165, 1.54) is 18.4 Å². The summed E-state index contributed by atoms with van der Waals surface area (Å²) < 4.78 is 0. The maximum Gasteiger partial charge on any atom is 0.242 e. The maximum atomic E-state index is 12.0. The molecule has 0 saturated heterocycles. The number of carbonyl (C=O) groups is 1. The largest absolute Gasteiger partial charge is 0.358 e. The zero-order valence-electron chi connectivity index (χ0n) is 12.6. The SMILES string of the molecule is CC(C)CNC(=O)C(C)Nc1ncnc2c1CCCC2. The van der Waals surface area contributed by atoms with Gasteiger partial charge in [0.25, 0.3) is 0 Å². The number of nitrogens with zero attached hydrogens (tertiary/aromatic N) is 2. The number of hydrogen-bond donors (Lipinski definition) is 2. The Bertz CT molecular complexity index is 473. The highest BCUT2D eigenvalue weighted by Gasteiger charge is 2.19. The summed E-state index contributed by atoms with van der Waals surface area (Å²) in [6, 6.07) is -0.283. The maximum absolute atomic E-state index is 12.0. The van der Waals surface area contributed by atoms with Gasteiger partial charge in [-0.25, -0.2) is 9.97 Å². The summed E-state index contributed by atoms with van der Waals surface area (Å²) in [5, 5.41) is 6.17. The standard InChI is InChI=1S/C15H24N4O/c1-10(2)8-16-15(20)11(3)19-14-12-6-4-5-7-13(12)17-9-18-14/h9-11H,4-8H2,1-3H3,(H,16,20)(H,17,18,19). The lowest BCUT2D eigenvalue weighted by Crippen LogP contribution is -2.39. The van der Waals surface area contributed by atoms with Crippen molar-refractivity contribution in [3.8, 4) is 0 Å². The topological polar surface area (TPSA) is 66.9 Å². The lowest BCUT2D eigenvalue weighted by molar-refractivity contribution is -0.121. The molecule has 0 aliphatic heterocycles. The third kappa shape index (κ3) is 3.68. The first-order valence-electron chi connectivity index (χ1n) is 7.45. The predicted octanol–water partition coefficient (Wildman–Crippen LogP) is 1.93. The summed E-state index contributed by atoms with van der Waals surface area (Å²) in [7, 11) is 0. The van der Waals surface area contributed by atoms with Gasteiger partial charge in [-0.3, -0.25) is 4.79 Å². The van der Waals surface area contributed by atoms with E-state index in [9.17, 15) is 4.79 Å². The molecular weight excluding hydrogens is 252 g/mol. The van der Waals surface area contributed by atoms with Crippen molar-refractivity contribution in [2.24, 2.45) is 5.92 Å². The van der Waals surface area contributed by atoms with Crippen LogP contribution in [0.2, 0.25) is 0 Å². The lowest BCUT2D eigenvalue weighted by atomic mass is 9.96. The number of hydrogen-bond acceptors (Lipinski definition) is 4. The van der Waals surface area contributed by atoms with E-state index in [-0.39, 0.29) is 11.9 Å². The van der Waals surface area contributed by atoms with Crippen molar-refractivity contribution in [2.75, 3.05) is 11.9 Å². The van der Waals surface area contributed by atoms with Gasteiger partial charge in [0.1, 0.15) is 18.2 Å². The first-order valence-corrected chi connectivity index (χ1v) is 7.45. The second-order valence-electron chi connectivity index (χ2n) is 5.86. The van der Waals surface area contributed by atoms with Crippen LogP contribution in [0.4, 0.5) is 5.82 Å². The number of aryl methyl sites for hydroxylation is 1. The molecule has 0 bridgehead atoms. The summed E-state index contributed by atoms with van der Waals surface area (Å²) >= 11 is 0. The molecule has 5 nitrogen and oxygen atoms in total. The lowest BCUT2D eigenvalue weighted by Gasteiger charge is -2.21. The summed E-state index contributed by atoms with van der Waals surface area (Å²) in [5.74, 6) is 1.29. The third-order valence-electron chi connectivity index (χ3n) is 3.56. The molecule has 20 heavy (non-hydrogen) atoms. The molecule has 0 saturated carbocycles. The Morgan fingerprint density at radius 1 is 1.25 bits per heavy atom. The smallest absolute Gasteiger partial charge is 0.242 e. The molecule has 1 aromatic rings. The van der Waals surface area contributed by atoms with E-state index in [4.69, 9.17) is 0 Å². The molecule has 1 aromatic heterocycles. The van der Waals surface area contributed by atoms with Gasteiger partial charge >= 0.3 is 0 Å². The van der Waals surface area contributed by atoms with Crippen molar-refractivity contribution in [1.82, 2.24) is 15.3 Å². The Labute approximate surface area is 120 Å². The van der Waals surface area contributed by atoms with Gasteiger partial charge in [-0.15, -0.1) is 0 Å². The number of anilines is 1. The van der Waals surface area contributed by atoms with Crippen LogP contribution in [0, 0.1) is 5.92 Å². The normalized spacial score (nSPS) is 15.6. The van der Waals surface area contributed by atoms with Gasteiger partial charge in [0.2, 0.25) is 5.91 Å². The number of carbonyl (C=O) groups excluding carboxylic acids is 1. The summed E-state index contributed by atoms with van der Waals surface area (Å²) in [6.07, 6.45) is 5.96. The minimum absolute atomic E-state index is 0.0156. The van der Waals surface area contributed by atoms with Crippen LogP contribution < -0.4 is 10.6 Å². The molecule has 1 aliphatic rings. The molecule has 1 aliphatic carbocycles. The van der Waals surface area contributed by atoms with Crippen LogP contribution in [0.1, 0.15) is 44.9 Å². The van der Waals surface area contributed by atoms with Crippen molar-refractivity contribution in [2.45, 2.75) is 52.5 Å². The van der Waals surface area contributed by atoms with Crippen LogP contribution in [0.5, 0.6) is 0 Å². The molecule has 0 radical (unpaired) electrons. The summed E-state index contributed by atoms with van der Waals surface area (Å²) in [4.78, 5) is 20.7.